The number of benzene rings is 1. The molecule has 0 fully saturated rings. The highest BCUT2D eigenvalue weighted by Gasteiger charge is 2.38. The maximum absolute atomic E-state index is 12.8. The molecule has 0 aliphatic carbocycles. The van der Waals surface area contributed by atoms with Gasteiger partial charge in [0, 0.05) is 28.1 Å². The topological polar surface area (TPSA) is 64.6 Å². The van der Waals surface area contributed by atoms with Crippen LogP contribution in [0.25, 0.3) is 5.57 Å². The molecule has 28 heavy (non-hydrogen) atoms. The zero-order chi connectivity index (χ0) is 20.6. The first-order valence-electron chi connectivity index (χ1n) is 9.31. The van der Waals surface area contributed by atoms with Crippen molar-refractivity contribution in [1.29, 1.82) is 0 Å². The van der Waals surface area contributed by atoms with Gasteiger partial charge in [-0.1, -0.05) is 24.8 Å². The van der Waals surface area contributed by atoms with Crippen LogP contribution in [-0.4, -0.2) is 18.4 Å². The fourth-order valence-electron chi connectivity index (χ4n) is 3.91. The van der Waals surface area contributed by atoms with Crippen LogP contribution in [0.15, 0.2) is 59.2 Å². The van der Waals surface area contributed by atoms with Gasteiger partial charge < -0.3 is 14.8 Å². The molecule has 1 aromatic rings. The molecule has 2 heterocycles. The number of ether oxygens (including phenoxy) is 2. The van der Waals surface area contributed by atoms with Gasteiger partial charge in [0.25, 0.3) is 0 Å². The standard InChI is InChI=1S/C23H25NO4/c1-7-27-23(26)20-15(5)24-14(4)19(16(6)25)21(20)18-10-8-9-17-12(2)11-13(3)28-22(17)18/h8-11,21,24H,2,7H2,1,3-6H3/t21-/m1/s1. The quantitative estimate of drug-likeness (QED) is 0.787. The van der Waals surface area contributed by atoms with Gasteiger partial charge in [0.15, 0.2) is 5.78 Å². The molecular weight excluding hydrogens is 354 g/mol. The summed E-state index contributed by atoms with van der Waals surface area (Å²) < 4.78 is 11.4. The van der Waals surface area contributed by atoms with Gasteiger partial charge in [-0.2, -0.15) is 0 Å². The minimum absolute atomic E-state index is 0.108. The fourth-order valence-corrected chi connectivity index (χ4v) is 3.91. The molecule has 0 saturated carbocycles. The van der Waals surface area contributed by atoms with Gasteiger partial charge >= 0.3 is 5.97 Å². The van der Waals surface area contributed by atoms with Crippen LogP contribution in [-0.2, 0) is 14.3 Å². The van der Waals surface area contributed by atoms with E-state index in [4.69, 9.17) is 9.47 Å². The molecule has 1 N–H and O–H groups in total. The smallest absolute Gasteiger partial charge is 0.336 e. The van der Waals surface area contributed by atoms with Crippen LogP contribution >= 0.6 is 0 Å². The summed E-state index contributed by atoms with van der Waals surface area (Å²) in [6.07, 6.45) is 1.87. The Balaban J connectivity index is 2.28. The number of carbonyl (C=O) groups excluding carboxylic acids is 2. The van der Waals surface area contributed by atoms with Crippen LogP contribution in [0.5, 0.6) is 5.75 Å². The van der Waals surface area contributed by atoms with E-state index < -0.39 is 11.9 Å². The number of esters is 1. The zero-order valence-electron chi connectivity index (χ0n) is 16.9. The third kappa shape index (κ3) is 3.28. The average molecular weight is 379 g/mol. The molecule has 1 atom stereocenters. The highest BCUT2D eigenvalue weighted by Crippen LogP contribution is 2.46. The first kappa shape index (κ1) is 19.7. The molecule has 1 aromatic carbocycles. The van der Waals surface area contributed by atoms with E-state index in [0.29, 0.717) is 28.4 Å². The van der Waals surface area contributed by atoms with Gasteiger partial charge in [-0.15, -0.1) is 0 Å². The highest BCUT2D eigenvalue weighted by atomic mass is 16.5. The number of carbonyl (C=O) groups is 2. The van der Waals surface area contributed by atoms with Crippen LogP contribution in [0.3, 0.4) is 0 Å². The van der Waals surface area contributed by atoms with Crippen LogP contribution in [0.2, 0.25) is 0 Å². The van der Waals surface area contributed by atoms with Crippen LogP contribution in [0.1, 0.15) is 51.7 Å². The monoisotopic (exact) mass is 379 g/mol. The third-order valence-corrected chi connectivity index (χ3v) is 4.98. The Hall–Kier alpha value is -3.08. The van der Waals surface area contributed by atoms with Crippen molar-refractivity contribution in [3.8, 4) is 5.75 Å². The molecular formula is C23H25NO4. The van der Waals surface area contributed by atoms with Gasteiger partial charge in [-0.25, -0.2) is 4.79 Å². The van der Waals surface area contributed by atoms with Crippen molar-refractivity contribution in [2.45, 2.75) is 40.5 Å². The van der Waals surface area contributed by atoms with Crippen molar-refractivity contribution >= 4 is 17.3 Å². The number of hydrogen-bond acceptors (Lipinski definition) is 5. The van der Waals surface area contributed by atoms with E-state index in [1.165, 1.54) is 6.92 Å². The predicted molar refractivity (Wildman–Crippen MR) is 108 cm³/mol. The first-order valence-corrected chi connectivity index (χ1v) is 9.31. The zero-order valence-corrected chi connectivity index (χ0v) is 16.9. The van der Waals surface area contributed by atoms with Crippen molar-refractivity contribution < 1.29 is 19.1 Å². The van der Waals surface area contributed by atoms with E-state index in [0.717, 1.165) is 22.4 Å². The Bertz CT molecular complexity index is 978. The van der Waals surface area contributed by atoms with Crippen molar-refractivity contribution in [3.05, 3.63) is 70.3 Å². The van der Waals surface area contributed by atoms with E-state index in [1.807, 2.05) is 45.0 Å². The minimum Gasteiger partial charge on any atom is -0.463 e. The van der Waals surface area contributed by atoms with Gasteiger partial charge in [0.2, 0.25) is 0 Å². The van der Waals surface area contributed by atoms with Crippen LogP contribution in [0, 0.1) is 0 Å². The van der Waals surface area contributed by atoms with Crippen molar-refractivity contribution in [2.75, 3.05) is 6.61 Å². The fraction of sp³-hybridized carbons (Fsp3) is 0.304. The summed E-state index contributed by atoms with van der Waals surface area (Å²) >= 11 is 0. The molecule has 146 valence electrons. The summed E-state index contributed by atoms with van der Waals surface area (Å²) in [4.78, 5) is 25.4. The Morgan fingerprint density at radius 1 is 1.18 bits per heavy atom. The Morgan fingerprint density at radius 2 is 1.86 bits per heavy atom. The molecule has 3 rings (SSSR count). The maximum Gasteiger partial charge on any atom is 0.336 e. The molecule has 0 aromatic heterocycles. The number of ketones is 1. The largest absolute Gasteiger partial charge is 0.463 e. The lowest BCUT2D eigenvalue weighted by molar-refractivity contribution is -0.138. The number of nitrogens with one attached hydrogen (secondary N) is 1. The van der Waals surface area contributed by atoms with E-state index >= 15 is 0 Å². The van der Waals surface area contributed by atoms with Gasteiger partial charge in [0.05, 0.1) is 18.1 Å². The van der Waals surface area contributed by atoms with Crippen molar-refractivity contribution in [3.63, 3.8) is 0 Å². The molecule has 0 spiro atoms. The maximum atomic E-state index is 12.8. The van der Waals surface area contributed by atoms with E-state index in [9.17, 15) is 9.59 Å². The van der Waals surface area contributed by atoms with Crippen molar-refractivity contribution in [2.24, 2.45) is 0 Å². The summed E-state index contributed by atoms with van der Waals surface area (Å²) in [6.45, 7) is 13.2. The number of allylic oxidation sites excluding steroid dienone is 6. The Morgan fingerprint density at radius 3 is 2.50 bits per heavy atom. The number of Topliss-reactive ketones (excluding diaryl/α,β-unsaturated/α-hetero) is 1. The molecule has 5 nitrogen and oxygen atoms in total. The minimum atomic E-state index is -0.577. The predicted octanol–water partition coefficient (Wildman–Crippen LogP) is 4.38. The van der Waals surface area contributed by atoms with E-state index in [-0.39, 0.29) is 12.4 Å². The van der Waals surface area contributed by atoms with Crippen molar-refractivity contribution in [1.82, 2.24) is 5.32 Å². The summed E-state index contributed by atoms with van der Waals surface area (Å²) in [7, 11) is 0. The Labute approximate surface area is 165 Å². The summed E-state index contributed by atoms with van der Waals surface area (Å²) in [5.74, 6) is 0.210. The SMILES string of the molecule is C=C1C=C(C)Oc2c1cccc2[C@@H]1C(C(C)=O)=C(C)NC(C)=C1C(=O)OCC. The third-order valence-electron chi connectivity index (χ3n) is 4.98. The summed E-state index contributed by atoms with van der Waals surface area (Å²) in [6, 6.07) is 5.71. The lowest BCUT2D eigenvalue weighted by Gasteiger charge is -2.32. The lowest BCUT2D eigenvalue weighted by atomic mass is 9.77. The first-order chi connectivity index (χ1) is 13.3. The number of hydrogen-bond donors (Lipinski definition) is 1. The number of fused-ring (bicyclic) bond motifs is 1. The lowest BCUT2D eigenvalue weighted by Crippen LogP contribution is -2.31. The number of dihydropyridines is 1. The van der Waals surface area contributed by atoms with Gasteiger partial charge in [0.1, 0.15) is 11.5 Å². The number of rotatable bonds is 4. The molecule has 0 bridgehead atoms. The molecule has 0 radical (unpaired) electrons. The average Bonchev–Trinajstić information content (AvgIpc) is 2.60. The normalized spacial score (nSPS) is 18.8. The second-order valence-electron chi connectivity index (χ2n) is 7.02. The summed E-state index contributed by atoms with van der Waals surface area (Å²) in [5, 5.41) is 3.17. The molecule has 0 unspecified atom stereocenters. The van der Waals surface area contributed by atoms with Gasteiger partial charge in [-0.05, 0) is 46.3 Å². The van der Waals surface area contributed by atoms with Gasteiger partial charge in [-0.3, -0.25) is 4.79 Å². The van der Waals surface area contributed by atoms with E-state index in [1.54, 1.807) is 6.92 Å². The Kier molecular flexibility index (Phi) is 5.27. The molecule has 2 aliphatic rings. The second-order valence-corrected chi connectivity index (χ2v) is 7.02. The van der Waals surface area contributed by atoms with Crippen LogP contribution < -0.4 is 10.1 Å². The molecule has 2 aliphatic heterocycles. The second kappa shape index (κ2) is 7.50. The number of para-hydroxylation sites is 1. The summed E-state index contributed by atoms with van der Waals surface area (Å²) in [5.41, 5.74) is 4.78. The molecule has 0 amide bonds. The highest BCUT2D eigenvalue weighted by molar-refractivity contribution is 6.02. The molecule has 5 heteroatoms. The van der Waals surface area contributed by atoms with E-state index in [2.05, 4.69) is 11.9 Å². The van der Waals surface area contributed by atoms with Crippen LogP contribution in [0.4, 0.5) is 0 Å². The molecule has 0 saturated heterocycles.